The van der Waals surface area contributed by atoms with Crippen LogP contribution in [0.25, 0.3) is 0 Å². The van der Waals surface area contributed by atoms with Crippen LogP contribution in [0, 0.1) is 11.8 Å². The molecule has 2 unspecified atom stereocenters. The Morgan fingerprint density at radius 3 is 2.44 bits per heavy atom. The lowest BCUT2D eigenvalue weighted by Gasteiger charge is -2.37. The zero-order valence-corrected chi connectivity index (χ0v) is 11.7. The third-order valence-electron chi connectivity index (χ3n) is 4.02. The first-order chi connectivity index (χ1) is 7.46. The van der Waals surface area contributed by atoms with Crippen LogP contribution in [0.15, 0.2) is 0 Å². The van der Waals surface area contributed by atoms with Crippen molar-refractivity contribution in [2.24, 2.45) is 11.8 Å². The molecule has 16 heavy (non-hydrogen) atoms. The summed E-state index contributed by atoms with van der Waals surface area (Å²) in [5.41, 5.74) is -0.0427. The van der Waals surface area contributed by atoms with Gasteiger partial charge >= 0.3 is 0 Å². The van der Waals surface area contributed by atoms with Gasteiger partial charge in [-0.15, -0.1) is 0 Å². The Labute approximate surface area is 101 Å². The second-order valence-corrected chi connectivity index (χ2v) is 6.14. The Bertz CT molecular complexity index is 201. The van der Waals surface area contributed by atoms with Crippen molar-refractivity contribution in [2.45, 2.75) is 65.0 Å². The lowest BCUT2D eigenvalue weighted by Crippen LogP contribution is -2.47. The standard InChI is InChI=1S/C14H29NO/c1-11(2)12-8-6-7-9-13(12)15-10-14(3,4)16-5/h11-13,15H,6-10H2,1-5H3. The van der Waals surface area contributed by atoms with Crippen molar-refractivity contribution in [3.05, 3.63) is 0 Å². The molecule has 0 aliphatic heterocycles. The quantitative estimate of drug-likeness (QED) is 0.778. The van der Waals surface area contributed by atoms with Crippen molar-refractivity contribution in [3.63, 3.8) is 0 Å². The van der Waals surface area contributed by atoms with Crippen LogP contribution < -0.4 is 5.32 Å². The Hall–Kier alpha value is -0.0800. The van der Waals surface area contributed by atoms with E-state index in [1.54, 1.807) is 7.11 Å². The zero-order chi connectivity index (χ0) is 12.2. The molecule has 0 bridgehead atoms. The van der Waals surface area contributed by atoms with Crippen LogP contribution in [0.3, 0.4) is 0 Å². The van der Waals surface area contributed by atoms with Crippen LogP contribution in [0.1, 0.15) is 53.4 Å². The van der Waals surface area contributed by atoms with Crippen molar-refractivity contribution >= 4 is 0 Å². The second kappa shape index (κ2) is 6.02. The second-order valence-electron chi connectivity index (χ2n) is 6.14. The monoisotopic (exact) mass is 227 g/mol. The van der Waals surface area contributed by atoms with E-state index in [0.717, 1.165) is 18.4 Å². The molecular formula is C14H29NO. The molecule has 1 fully saturated rings. The van der Waals surface area contributed by atoms with E-state index in [1.807, 2.05) is 0 Å². The lowest BCUT2D eigenvalue weighted by atomic mass is 9.77. The number of methoxy groups -OCH3 is 1. The van der Waals surface area contributed by atoms with Gasteiger partial charge in [0.15, 0.2) is 0 Å². The topological polar surface area (TPSA) is 21.3 Å². The van der Waals surface area contributed by atoms with Crippen LogP contribution in [-0.4, -0.2) is 25.3 Å². The molecule has 0 amide bonds. The first-order valence-electron chi connectivity index (χ1n) is 6.75. The van der Waals surface area contributed by atoms with E-state index in [1.165, 1.54) is 25.7 Å². The van der Waals surface area contributed by atoms with Crippen LogP contribution in [-0.2, 0) is 4.74 Å². The van der Waals surface area contributed by atoms with Crippen molar-refractivity contribution in [1.29, 1.82) is 0 Å². The molecule has 0 spiro atoms. The number of ether oxygens (including phenoxy) is 1. The fourth-order valence-corrected chi connectivity index (χ4v) is 2.66. The first-order valence-corrected chi connectivity index (χ1v) is 6.75. The van der Waals surface area contributed by atoms with Gasteiger partial charge in [0.1, 0.15) is 0 Å². The third-order valence-corrected chi connectivity index (χ3v) is 4.02. The molecule has 1 N–H and O–H groups in total. The van der Waals surface area contributed by atoms with Gasteiger partial charge in [-0.05, 0) is 38.5 Å². The van der Waals surface area contributed by atoms with E-state index in [4.69, 9.17) is 4.74 Å². The third kappa shape index (κ3) is 4.06. The van der Waals surface area contributed by atoms with Crippen molar-refractivity contribution in [3.8, 4) is 0 Å². The summed E-state index contributed by atoms with van der Waals surface area (Å²) in [6.07, 6.45) is 5.52. The molecule has 1 aliphatic carbocycles. The molecular weight excluding hydrogens is 198 g/mol. The maximum atomic E-state index is 5.46. The highest BCUT2D eigenvalue weighted by molar-refractivity contribution is 4.85. The summed E-state index contributed by atoms with van der Waals surface area (Å²) in [6.45, 7) is 9.95. The van der Waals surface area contributed by atoms with Gasteiger partial charge in [0.2, 0.25) is 0 Å². The molecule has 96 valence electrons. The van der Waals surface area contributed by atoms with E-state index < -0.39 is 0 Å². The van der Waals surface area contributed by atoms with Gasteiger partial charge in [0, 0.05) is 19.7 Å². The Kier molecular flexibility index (Phi) is 5.26. The van der Waals surface area contributed by atoms with Gasteiger partial charge in [0.25, 0.3) is 0 Å². The summed E-state index contributed by atoms with van der Waals surface area (Å²) in [7, 11) is 1.79. The highest BCUT2D eigenvalue weighted by atomic mass is 16.5. The predicted octanol–water partition coefficient (Wildman–Crippen LogP) is 3.22. The van der Waals surface area contributed by atoms with Gasteiger partial charge in [-0.1, -0.05) is 26.7 Å². The van der Waals surface area contributed by atoms with Crippen molar-refractivity contribution in [2.75, 3.05) is 13.7 Å². The highest BCUT2D eigenvalue weighted by Crippen LogP contribution is 2.30. The lowest BCUT2D eigenvalue weighted by molar-refractivity contribution is 0.0166. The van der Waals surface area contributed by atoms with Gasteiger partial charge < -0.3 is 10.1 Å². The number of nitrogens with one attached hydrogen (secondary N) is 1. The SMILES string of the molecule is COC(C)(C)CNC1CCCCC1C(C)C. The summed E-state index contributed by atoms with van der Waals surface area (Å²) < 4.78 is 5.46. The van der Waals surface area contributed by atoms with Crippen molar-refractivity contribution in [1.82, 2.24) is 5.32 Å². The molecule has 0 aromatic rings. The maximum Gasteiger partial charge on any atom is 0.0746 e. The minimum atomic E-state index is -0.0427. The largest absolute Gasteiger partial charge is 0.377 e. The summed E-state index contributed by atoms with van der Waals surface area (Å²) >= 11 is 0. The maximum absolute atomic E-state index is 5.46. The average Bonchev–Trinajstić information content (AvgIpc) is 2.27. The fourth-order valence-electron chi connectivity index (χ4n) is 2.66. The van der Waals surface area contributed by atoms with E-state index >= 15 is 0 Å². The summed E-state index contributed by atoms with van der Waals surface area (Å²) in [5.74, 6) is 1.64. The number of rotatable bonds is 5. The Balaban J connectivity index is 2.44. The summed E-state index contributed by atoms with van der Waals surface area (Å²) in [5, 5.41) is 3.72. The zero-order valence-electron chi connectivity index (χ0n) is 11.7. The molecule has 0 radical (unpaired) electrons. The predicted molar refractivity (Wildman–Crippen MR) is 69.7 cm³/mol. The molecule has 0 aromatic carbocycles. The van der Waals surface area contributed by atoms with Crippen LogP contribution in [0.4, 0.5) is 0 Å². The van der Waals surface area contributed by atoms with Gasteiger partial charge in [-0.3, -0.25) is 0 Å². The normalized spacial score (nSPS) is 27.4. The molecule has 0 aromatic heterocycles. The van der Waals surface area contributed by atoms with E-state index in [2.05, 4.69) is 33.0 Å². The molecule has 2 nitrogen and oxygen atoms in total. The molecule has 2 heteroatoms. The van der Waals surface area contributed by atoms with E-state index in [-0.39, 0.29) is 5.60 Å². The van der Waals surface area contributed by atoms with Gasteiger partial charge in [0.05, 0.1) is 5.60 Å². The minimum Gasteiger partial charge on any atom is -0.377 e. The molecule has 2 atom stereocenters. The smallest absolute Gasteiger partial charge is 0.0746 e. The average molecular weight is 227 g/mol. The van der Waals surface area contributed by atoms with Gasteiger partial charge in [-0.2, -0.15) is 0 Å². The minimum absolute atomic E-state index is 0.0427. The van der Waals surface area contributed by atoms with Crippen molar-refractivity contribution < 1.29 is 4.74 Å². The fraction of sp³-hybridized carbons (Fsp3) is 1.00. The summed E-state index contributed by atoms with van der Waals surface area (Å²) in [4.78, 5) is 0. The molecule has 1 saturated carbocycles. The van der Waals surface area contributed by atoms with E-state index in [0.29, 0.717) is 6.04 Å². The van der Waals surface area contributed by atoms with Gasteiger partial charge in [-0.25, -0.2) is 0 Å². The van der Waals surface area contributed by atoms with Crippen LogP contribution >= 0.6 is 0 Å². The number of hydrogen-bond acceptors (Lipinski definition) is 2. The van der Waals surface area contributed by atoms with E-state index in [9.17, 15) is 0 Å². The van der Waals surface area contributed by atoms with Crippen LogP contribution in [0.2, 0.25) is 0 Å². The molecule has 1 rings (SSSR count). The number of hydrogen-bond donors (Lipinski definition) is 1. The first kappa shape index (κ1) is 14.0. The molecule has 0 saturated heterocycles. The Morgan fingerprint density at radius 1 is 1.25 bits per heavy atom. The molecule has 1 aliphatic rings. The highest BCUT2D eigenvalue weighted by Gasteiger charge is 2.28. The Morgan fingerprint density at radius 2 is 1.88 bits per heavy atom. The molecule has 0 heterocycles. The van der Waals surface area contributed by atoms with Crippen LogP contribution in [0.5, 0.6) is 0 Å². The summed E-state index contributed by atoms with van der Waals surface area (Å²) in [6, 6.07) is 0.697.